The number of nitrogen functional groups attached to an aromatic ring is 2. The minimum absolute atomic E-state index is 0.164. The van der Waals surface area contributed by atoms with E-state index in [2.05, 4.69) is 55.1 Å². The number of azo groups is 2. The Kier molecular flexibility index (Phi) is 10.0. The lowest BCUT2D eigenvalue weighted by molar-refractivity contribution is -0.150. The molecule has 2 fully saturated rings. The van der Waals surface area contributed by atoms with Crippen molar-refractivity contribution >= 4 is 56.3 Å². The van der Waals surface area contributed by atoms with Crippen LogP contribution >= 0.6 is 23.1 Å². The van der Waals surface area contributed by atoms with Crippen LogP contribution in [0.5, 0.6) is 0 Å². The highest BCUT2D eigenvalue weighted by atomic mass is 32.1. The summed E-state index contributed by atoms with van der Waals surface area (Å²) in [6.07, 6.45) is 4.00. The van der Waals surface area contributed by atoms with E-state index in [1.807, 2.05) is 60.7 Å². The first-order valence-corrected chi connectivity index (χ1v) is 19.1. The number of aryl methyl sites for hydroxylation is 2. The smallest absolute Gasteiger partial charge is 0.249 e. The third-order valence-electron chi connectivity index (χ3n) is 9.41. The largest absolute Gasteiger partial charge is 0.382 e. The second-order valence-corrected chi connectivity index (χ2v) is 14.6. The molecule has 278 valence electrons. The summed E-state index contributed by atoms with van der Waals surface area (Å²) in [5.74, 6) is -0.162. The molecule has 2 atom stereocenters. The summed E-state index contributed by atoms with van der Waals surface area (Å²) in [7, 11) is 0. The van der Waals surface area contributed by atoms with Crippen LogP contribution < -0.4 is 27.4 Å². The zero-order chi connectivity index (χ0) is 37.2. The molecule has 4 aromatic heterocycles. The first-order chi connectivity index (χ1) is 26.3. The van der Waals surface area contributed by atoms with Gasteiger partial charge in [0.05, 0.1) is 0 Å². The lowest BCUT2D eigenvalue weighted by Gasteiger charge is -2.47. The van der Waals surface area contributed by atoms with Crippen molar-refractivity contribution in [1.29, 1.82) is 0 Å². The van der Waals surface area contributed by atoms with Gasteiger partial charge in [-0.3, -0.25) is 0 Å². The first-order valence-electron chi connectivity index (χ1n) is 17.6. The van der Waals surface area contributed by atoms with Crippen LogP contribution in [0.2, 0.25) is 0 Å². The van der Waals surface area contributed by atoms with Gasteiger partial charge in [-0.15, -0.1) is 20.5 Å². The Bertz CT molecular complexity index is 2120. The van der Waals surface area contributed by atoms with Crippen molar-refractivity contribution in [3.8, 4) is 22.5 Å². The third-order valence-corrected chi connectivity index (χ3v) is 10.8. The summed E-state index contributed by atoms with van der Waals surface area (Å²) in [6.45, 7) is 3.58. The molecular weight excluding hydrogens is 727 g/mol. The van der Waals surface area contributed by atoms with E-state index in [0.29, 0.717) is 44.7 Å². The molecule has 54 heavy (non-hydrogen) atoms. The molecule has 6 aromatic rings. The van der Waals surface area contributed by atoms with E-state index < -0.39 is 18.4 Å². The highest BCUT2D eigenvalue weighted by molar-refractivity contribution is 7.09. The van der Waals surface area contributed by atoms with Crippen LogP contribution in [0.3, 0.4) is 0 Å². The van der Waals surface area contributed by atoms with Crippen molar-refractivity contribution in [1.82, 2.24) is 54.2 Å². The summed E-state index contributed by atoms with van der Waals surface area (Å²) < 4.78 is 11.5. The molecule has 0 amide bonds. The predicted octanol–water partition coefficient (Wildman–Crippen LogP) is 6.74. The van der Waals surface area contributed by atoms with Gasteiger partial charge in [-0.1, -0.05) is 86.3 Å². The van der Waals surface area contributed by atoms with Gasteiger partial charge in [-0.25, -0.2) is 35.3 Å². The van der Waals surface area contributed by atoms with E-state index in [9.17, 15) is 5.11 Å². The standard InChI is InChI=1S/C34H39N17OS2/c1-19-37-32(53-48-19)44-42-26-24(21-13-7-5-8-14-21)46-50(28(26)35)30-39-31(41-34(52,40-30)23-17-11-3-4-12-18-23)51-29(36)27(43-45-33-38-20(2)49-54-33)25(47-51)22-15-9-6-10-16-22/h5-10,13-16,23,30-31,39-41,52H,3-4,11-12,17-18,35-36H2,1-2H3. The van der Waals surface area contributed by atoms with Crippen molar-refractivity contribution in [3.63, 3.8) is 0 Å². The van der Waals surface area contributed by atoms with E-state index in [4.69, 9.17) is 21.7 Å². The van der Waals surface area contributed by atoms with Gasteiger partial charge in [-0.05, 0) is 26.7 Å². The van der Waals surface area contributed by atoms with Gasteiger partial charge in [0.1, 0.15) is 23.0 Å². The molecule has 2 aromatic carbocycles. The Morgan fingerprint density at radius 3 is 1.54 bits per heavy atom. The Morgan fingerprint density at radius 1 is 0.685 bits per heavy atom. The molecule has 18 nitrogen and oxygen atoms in total. The normalized spacial score (nSPS) is 21.3. The lowest BCUT2D eigenvalue weighted by atomic mass is 9.93. The molecule has 20 heteroatoms. The number of aliphatic hydroxyl groups is 1. The average molecular weight is 766 g/mol. The quantitative estimate of drug-likeness (QED) is 0.0662. The Hall–Kier alpha value is -5.38. The molecule has 5 heterocycles. The van der Waals surface area contributed by atoms with Crippen molar-refractivity contribution in [2.75, 3.05) is 11.5 Å². The van der Waals surface area contributed by atoms with Crippen molar-refractivity contribution in [2.45, 2.75) is 70.8 Å². The van der Waals surface area contributed by atoms with E-state index in [1.54, 1.807) is 23.2 Å². The number of hydrogen-bond acceptors (Lipinski definition) is 18. The minimum Gasteiger partial charge on any atom is -0.382 e. The van der Waals surface area contributed by atoms with Gasteiger partial charge in [0.15, 0.2) is 41.4 Å². The summed E-state index contributed by atoms with van der Waals surface area (Å²) in [5.41, 5.74) is 17.0. The van der Waals surface area contributed by atoms with E-state index in [0.717, 1.165) is 72.7 Å². The van der Waals surface area contributed by atoms with E-state index in [1.165, 1.54) is 0 Å². The van der Waals surface area contributed by atoms with E-state index >= 15 is 0 Å². The fourth-order valence-electron chi connectivity index (χ4n) is 6.78. The maximum atomic E-state index is 12.6. The summed E-state index contributed by atoms with van der Waals surface area (Å²) in [4.78, 5) is 8.64. The zero-order valence-electron chi connectivity index (χ0n) is 29.5. The van der Waals surface area contributed by atoms with Gasteiger partial charge in [0, 0.05) is 40.1 Å². The summed E-state index contributed by atoms with van der Waals surface area (Å²) in [5, 5.41) is 51.4. The van der Waals surface area contributed by atoms with Crippen LogP contribution in [0.25, 0.3) is 22.5 Å². The number of rotatable bonds is 9. The van der Waals surface area contributed by atoms with Crippen molar-refractivity contribution < 1.29 is 5.11 Å². The van der Waals surface area contributed by atoms with Crippen LogP contribution in [-0.2, 0) is 0 Å². The molecule has 8 rings (SSSR count). The molecule has 0 spiro atoms. The zero-order valence-corrected chi connectivity index (χ0v) is 31.2. The third kappa shape index (κ3) is 7.26. The highest BCUT2D eigenvalue weighted by Gasteiger charge is 2.46. The van der Waals surface area contributed by atoms with Gasteiger partial charge < -0.3 is 16.6 Å². The molecule has 1 saturated heterocycles. The Morgan fingerprint density at radius 2 is 1.13 bits per heavy atom. The van der Waals surface area contributed by atoms with Crippen LogP contribution in [0.4, 0.5) is 33.3 Å². The van der Waals surface area contributed by atoms with Crippen LogP contribution in [0.15, 0.2) is 81.1 Å². The van der Waals surface area contributed by atoms with Crippen LogP contribution in [0.1, 0.15) is 62.8 Å². The van der Waals surface area contributed by atoms with Crippen LogP contribution in [0, 0.1) is 19.8 Å². The molecule has 1 aliphatic carbocycles. The number of nitrogens with zero attached hydrogens (tertiary/aromatic N) is 12. The lowest BCUT2D eigenvalue weighted by Crippen LogP contribution is -2.73. The number of benzene rings is 2. The predicted molar refractivity (Wildman–Crippen MR) is 205 cm³/mol. The Balaban J connectivity index is 1.23. The molecule has 1 saturated carbocycles. The fourth-order valence-corrected chi connectivity index (χ4v) is 7.79. The number of nitrogens with one attached hydrogen (secondary N) is 3. The van der Waals surface area contributed by atoms with Gasteiger partial charge >= 0.3 is 0 Å². The van der Waals surface area contributed by atoms with Gasteiger partial charge in [0.2, 0.25) is 10.3 Å². The summed E-state index contributed by atoms with van der Waals surface area (Å²) in [6, 6.07) is 19.2. The van der Waals surface area contributed by atoms with Gasteiger partial charge in [0.25, 0.3) is 0 Å². The van der Waals surface area contributed by atoms with E-state index in [-0.39, 0.29) is 17.6 Å². The molecule has 2 aliphatic rings. The molecular formula is C34H39N17OS2. The fraction of sp³-hybridized carbons (Fsp3) is 0.353. The average Bonchev–Trinajstić information content (AvgIpc) is 3.90. The molecule has 1 aliphatic heterocycles. The van der Waals surface area contributed by atoms with Crippen LogP contribution in [-0.4, -0.2) is 49.2 Å². The molecule has 0 bridgehead atoms. The SMILES string of the molecule is Cc1nsc(N=Nc2c(-c3ccccc3)nn(C3NC(n4nc(-c5ccccc5)c(N=Nc5nc(C)ns5)c4N)NC(O)(C4CCCCCC4)N3)c2N)n1. The first kappa shape index (κ1) is 35.6. The number of hydrogen-bond donors (Lipinski definition) is 6. The second kappa shape index (κ2) is 15.2. The van der Waals surface area contributed by atoms with Crippen molar-refractivity contribution in [3.05, 3.63) is 72.3 Å². The van der Waals surface area contributed by atoms with Gasteiger partial charge in [-0.2, -0.15) is 18.9 Å². The monoisotopic (exact) mass is 765 g/mol. The maximum Gasteiger partial charge on any atom is 0.249 e. The molecule has 2 unspecified atom stereocenters. The number of anilines is 2. The van der Waals surface area contributed by atoms with Crippen molar-refractivity contribution in [2.24, 2.45) is 26.4 Å². The summed E-state index contributed by atoms with van der Waals surface area (Å²) >= 11 is 2.27. The number of aromatic nitrogens is 8. The minimum atomic E-state index is -1.60. The number of nitrogens with two attached hydrogens (primary N) is 2. The molecule has 8 N–H and O–H groups in total. The Labute approximate surface area is 318 Å². The highest BCUT2D eigenvalue weighted by Crippen LogP contribution is 2.41. The molecule has 0 radical (unpaired) electrons. The maximum absolute atomic E-state index is 12.6. The topological polar surface area (TPSA) is 245 Å². The second-order valence-electron chi connectivity index (χ2n) is 13.1.